The molecule has 0 unspecified atom stereocenters. The lowest BCUT2D eigenvalue weighted by Crippen LogP contribution is -2.14. The van der Waals surface area contributed by atoms with Crippen molar-refractivity contribution in [1.82, 2.24) is 4.98 Å². The van der Waals surface area contributed by atoms with Crippen molar-refractivity contribution in [1.29, 1.82) is 0 Å². The van der Waals surface area contributed by atoms with Crippen molar-refractivity contribution in [3.05, 3.63) is 90.5 Å². The van der Waals surface area contributed by atoms with Crippen LogP contribution in [0.5, 0.6) is 5.75 Å². The second kappa shape index (κ2) is 8.83. The van der Waals surface area contributed by atoms with Gasteiger partial charge in [0.1, 0.15) is 34.6 Å². The van der Waals surface area contributed by atoms with Crippen LogP contribution in [0.2, 0.25) is 0 Å². The van der Waals surface area contributed by atoms with Crippen molar-refractivity contribution < 1.29 is 13.5 Å². The Hall–Kier alpha value is -3.93. The van der Waals surface area contributed by atoms with Gasteiger partial charge < -0.3 is 14.9 Å². The summed E-state index contributed by atoms with van der Waals surface area (Å²) >= 11 is 0. The van der Waals surface area contributed by atoms with Crippen LogP contribution in [-0.4, -0.2) is 16.9 Å². The number of furan rings is 1. The lowest BCUT2D eigenvalue weighted by molar-refractivity contribution is 0.243. The molecule has 4 rings (SSSR count). The highest BCUT2D eigenvalue weighted by atomic mass is 19.1. The summed E-state index contributed by atoms with van der Waals surface area (Å²) in [4.78, 5) is 8.70. The van der Waals surface area contributed by atoms with Crippen molar-refractivity contribution in [2.24, 2.45) is 10.7 Å². The largest absolute Gasteiger partial charge is 0.490 e. The van der Waals surface area contributed by atoms with E-state index in [0.717, 1.165) is 11.1 Å². The number of amidine groups is 1. The maximum atomic E-state index is 13.2. The number of benzene rings is 2. The summed E-state index contributed by atoms with van der Waals surface area (Å²) in [6.07, 6.45) is 1.63. The van der Waals surface area contributed by atoms with Gasteiger partial charge in [-0.15, -0.1) is 0 Å². The smallest absolute Gasteiger partial charge is 0.150 e. The molecule has 0 amide bonds. The minimum Gasteiger partial charge on any atom is -0.490 e. The Morgan fingerprint density at radius 3 is 2.48 bits per heavy atom. The number of aromatic nitrogens is 1. The van der Waals surface area contributed by atoms with E-state index in [1.165, 1.54) is 12.1 Å². The minimum absolute atomic E-state index is 0.0438. The van der Waals surface area contributed by atoms with Crippen LogP contribution < -0.4 is 10.5 Å². The molecule has 0 aliphatic rings. The average molecular weight is 415 g/mol. The Balaban J connectivity index is 1.69. The summed E-state index contributed by atoms with van der Waals surface area (Å²) in [5.41, 5.74) is 8.94. The van der Waals surface area contributed by atoms with Gasteiger partial charge in [0.15, 0.2) is 0 Å². The molecule has 0 spiro atoms. The van der Waals surface area contributed by atoms with Gasteiger partial charge in [0.2, 0.25) is 0 Å². The summed E-state index contributed by atoms with van der Waals surface area (Å²) in [6, 6.07) is 20.9. The molecule has 0 aliphatic heterocycles. The van der Waals surface area contributed by atoms with Crippen LogP contribution in [0.1, 0.15) is 19.5 Å². The number of rotatable bonds is 6. The highest BCUT2D eigenvalue weighted by Crippen LogP contribution is 2.37. The van der Waals surface area contributed by atoms with E-state index >= 15 is 0 Å². The van der Waals surface area contributed by atoms with E-state index in [1.54, 1.807) is 24.4 Å². The summed E-state index contributed by atoms with van der Waals surface area (Å²) in [7, 11) is 0. The van der Waals surface area contributed by atoms with Gasteiger partial charge in [0.25, 0.3) is 0 Å². The fourth-order valence-electron chi connectivity index (χ4n) is 3.10. The Labute approximate surface area is 180 Å². The van der Waals surface area contributed by atoms with Crippen LogP contribution >= 0.6 is 0 Å². The van der Waals surface area contributed by atoms with Crippen molar-refractivity contribution in [3.8, 4) is 28.4 Å². The third-order valence-electron chi connectivity index (χ3n) is 4.50. The molecule has 5 nitrogen and oxygen atoms in total. The first-order valence-corrected chi connectivity index (χ1v) is 9.92. The molecule has 0 aliphatic carbocycles. The predicted molar refractivity (Wildman–Crippen MR) is 120 cm³/mol. The zero-order chi connectivity index (χ0) is 21.8. The quantitative estimate of drug-likeness (QED) is 0.311. The molecule has 0 radical (unpaired) electrons. The van der Waals surface area contributed by atoms with E-state index in [0.29, 0.717) is 34.5 Å². The van der Waals surface area contributed by atoms with Crippen molar-refractivity contribution >= 4 is 11.5 Å². The predicted octanol–water partition coefficient (Wildman–Crippen LogP) is 5.97. The first-order chi connectivity index (χ1) is 15.0. The monoisotopic (exact) mass is 415 g/mol. The minimum atomic E-state index is -0.288. The molecule has 2 heterocycles. The van der Waals surface area contributed by atoms with E-state index in [2.05, 4.69) is 9.98 Å². The van der Waals surface area contributed by atoms with Crippen LogP contribution in [0.4, 0.5) is 10.1 Å². The molecule has 31 heavy (non-hydrogen) atoms. The standard InChI is InChI=1S/C25H22FN3O2/c1-16(2)30-24-15-19(29-25(27)21-5-3-4-14-28-21)10-11-20(24)23-13-12-22(31-23)17-6-8-18(26)9-7-17/h3-16H,1-2H3,(H2,27,29). The number of ether oxygens (including phenoxy) is 1. The number of nitrogens with zero attached hydrogens (tertiary/aromatic N) is 2. The SMILES string of the molecule is CC(C)Oc1cc(N=C(N)c2ccccn2)ccc1-c1ccc(-c2ccc(F)cc2)o1. The summed E-state index contributed by atoms with van der Waals surface area (Å²) < 4.78 is 25.3. The third-order valence-corrected chi connectivity index (χ3v) is 4.50. The van der Waals surface area contributed by atoms with Crippen LogP contribution in [0.25, 0.3) is 22.6 Å². The van der Waals surface area contributed by atoms with Gasteiger partial charge in [-0.1, -0.05) is 6.07 Å². The molecular weight excluding hydrogens is 393 g/mol. The molecule has 0 saturated carbocycles. The molecular formula is C25H22FN3O2. The lowest BCUT2D eigenvalue weighted by Gasteiger charge is -2.14. The number of nitrogens with two attached hydrogens (primary N) is 1. The van der Waals surface area contributed by atoms with Crippen LogP contribution in [0.3, 0.4) is 0 Å². The number of aliphatic imine (C=N–C) groups is 1. The highest BCUT2D eigenvalue weighted by molar-refractivity contribution is 5.97. The Morgan fingerprint density at radius 2 is 1.77 bits per heavy atom. The average Bonchev–Trinajstić information content (AvgIpc) is 3.24. The third kappa shape index (κ3) is 4.80. The number of hydrogen-bond donors (Lipinski definition) is 1. The molecule has 0 atom stereocenters. The van der Waals surface area contributed by atoms with Gasteiger partial charge in [-0.25, -0.2) is 9.38 Å². The van der Waals surface area contributed by atoms with Crippen LogP contribution in [0.15, 0.2) is 88.4 Å². The normalized spacial score (nSPS) is 11.7. The van der Waals surface area contributed by atoms with Gasteiger partial charge in [0, 0.05) is 17.8 Å². The number of halogens is 1. The summed E-state index contributed by atoms with van der Waals surface area (Å²) in [5, 5.41) is 0. The topological polar surface area (TPSA) is 73.6 Å². The zero-order valence-corrected chi connectivity index (χ0v) is 17.2. The fourth-order valence-corrected chi connectivity index (χ4v) is 3.10. The Bertz CT molecular complexity index is 1200. The molecule has 2 N–H and O–H groups in total. The van der Waals surface area contributed by atoms with Crippen molar-refractivity contribution in [3.63, 3.8) is 0 Å². The summed E-state index contributed by atoms with van der Waals surface area (Å²) in [6.45, 7) is 3.90. The van der Waals surface area contributed by atoms with E-state index in [4.69, 9.17) is 14.9 Å². The highest BCUT2D eigenvalue weighted by Gasteiger charge is 2.14. The lowest BCUT2D eigenvalue weighted by atomic mass is 10.1. The maximum absolute atomic E-state index is 13.2. The fraction of sp³-hybridized carbons (Fsp3) is 0.120. The van der Waals surface area contributed by atoms with Gasteiger partial charge in [-0.2, -0.15) is 0 Å². The van der Waals surface area contributed by atoms with Gasteiger partial charge in [0.05, 0.1) is 17.4 Å². The van der Waals surface area contributed by atoms with Crippen LogP contribution in [-0.2, 0) is 0 Å². The molecule has 0 saturated heterocycles. The Kier molecular flexibility index (Phi) is 5.80. The van der Waals surface area contributed by atoms with E-state index in [9.17, 15) is 4.39 Å². The summed E-state index contributed by atoms with van der Waals surface area (Å²) in [5.74, 6) is 1.95. The molecule has 0 bridgehead atoms. The molecule has 156 valence electrons. The first-order valence-electron chi connectivity index (χ1n) is 9.92. The van der Waals surface area contributed by atoms with E-state index in [-0.39, 0.29) is 11.9 Å². The van der Waals surface area contributed by atoms with E-state index < -0.39 is 0 Å². The van der Waals surface area contributed by atoms with E-state index in [1.807, 2.05) is 56.3 Å². The maximum Gasteiger partial charge on any atom is 0.150 e. The van der Waals surface area contributed by atoms with Gasteiger partial charge in [-0.3, -0.25) is 4.98 Å². The Morgan fingerprint density at radius 1 is 1.00 bits per heavy atom. The number of hydrogen-bond acceptors (Lipinski definition) is 4. The second-order valence-electron chi connectivity index (χ2n) is 7.23. The van der Waals surface area contributed by atoms with Crippen molar-refractivity contribution in [2.45, 2.75) is 20.0 Å². The molecule has 6 heteroatoms. The van der Waals surface area contributed by atoms with Gasteiger partial charge in [-0.05, 0) is 74.5 Å². The molecule has 2 aromatic heterocycles. The molecule has 4 aromatic rings. The molecule has 2 aromatic carbocycles. The van der Waals surface area contributed by atoms with Crippen molar-refractivity contribution in [2.75, 3.05) is 0 Å². The molecule has 0 fully saturated rings. The first kappa shape index (κ1) is 20.3. The van der Waals surface area contributed by atoms with Crippen LogP contribution in [0, 0.1) is 5.82 Å². The second-order valence-corrected chi connectivity index (χ2v) is 7.23. The van der Waals surface area contributed by atoms with Gasteiger partial charge >= 0.3 is 0 Å². The number of pyridine rings is 1. The zero-order valence-electron chi connectivity index (χ0n) is 17.2.